The van der Waals surface area contributed by atoms with Crippen LogP contribution in [0.15, 0.2) is 36.5 Å². The van der Waals surface area contributed by atoms with Crippen molar-refractivity contribution in [2.24, 2.45) is 5.73 Å². The van der Waals surface area contributed by atoms with Crippen molar-refractivity contribution in [2.45, 2.75) is 96.8 Å². The van der Waals surface area contributed by atoms with Gasteiger partial charge in [0.2, 0.25) is 0 Å². The Morgan fingerprint density at radius 3 is 1.26 bits per heavy atom. The zero-order valence-electron chi connectivity index (χ0n) is 15.6. The minimum atomic E-state index is 0.811. The highest BCUT2D eigenvalue weighted by Gasteiger charge is 1.89. The summed E-state index contributed by atoms with van der Waals surface area (Å²) in [4.78, 5) is 0. The molecule has 0 unspecified atom stereocenters. The summed E-state index contributed by atoms with van der Waals surface area (Å²) in [6.07, 6.45) is 32.0. The fourth-order valence-electron chi connectivity index (χ4n) is 2.57. The molecule has 0 heterocycles. The lowest BCUT2D eigenvalue weighted by molar-refractivity contribution is 0.621. The van der Waals surface area contributed by atoms with E-state index < -0.39 is 0 Å². The lowest BCUT2D eigenvalue weighted by Crippen LogP contribution is -1.96. The first-order valence-corrected chi connectivity index (χ1v) is 10.1. The summed E-state index contributed by atoms with van der Waals surface area (Å²) < 4.78 is 0. The molecule has 0 bridgehead atoms. The monoisotopic (exact) mass is 319 g/mol. The molecule has 0 aliphatic rings. The van der Waals surface area contributed by atoms with Gasteiger partial charge in [-0.1, -0.05) is 62.6 Å². The minimum absolute atomic E-state index is 0.811. The molecule has 0 aromatic carbocycles. The molecular formula is C22H41N. The van der Waals surface area contributed by atoms with Crippen molar-refractivity contribution in [1.82, 2.24) is 0 Å². The van der Waals surface area contributed by atoms with Crippen LogP contribution < -0.4 is 5.73 Å². The molecule has 23 heavy (non-hydrogen) atoms. The molecule has 0 aromatic rings. The second-order valence-corrected chi connectivity index (χ2v) is 6.38. The molecular weight excluding hydrogens is 278 g/mol. The lowest BCUT2D eigenvalue weighted by Gasteiger charge is -1.98. The van der Waals surface area contributed by atoms with Gasteiger partial charge >= 0.3 is 0 Å². The van der Waals surface area contributed by atoms with Crippen molar-refractivity contribution < 1.29 is 0 Å². The van der Waals surface area contributed by atoms with Gasteiger partial charge in [0.15, 0.2) is 0 Å². The highest BCUT2D eigenvalue weighted by atomic mass is 14.5. The fraction of sp³-hybridized carbons (Fsp3) is 0.727. The van der Waals surface area contributed by atoms with Gasteiger partial charge in [-0.3, -0.25) is 0 Å². The van der Waals surface area contributed by atoms with Gasteiger partial charge in [0.25, 0.3) is 0 Å². The third-order valence-electron chi connectivity index (χ3n) is 4.04. The Morgan fingerprint density at radius 2 is 0.826 bits per heavy atom. The number of hydrogen-bond acceptors (Lipinski definition) is 1. The van der Waals surface area contributed by atoms with E-state index in [1.165, 1.54) is 77.0 Å². The third kappa shape index (κ3) is 21.2. The van der Waals surface area contributed by atoms with Gasteiger partial charge in [0.1, 0.15) is 0 Å². The van der Waals surface area contributed by atoms with E-state index in [-0.39, 0.29) is 0 Å². The Bertz CT molecular complexity index is 288. The second kappa shape index (κ2) is 21.2. The highest BCUT2D eigenvalue weighted by molar-refractivity contribution is 4.84. The molecule has 2 N–H and O–H groups in total. The van der Waals surface area contributed by atoms with Crippen molar-refractivity contribution >= 4 is 0 Å². The van der Waals surface area contributed by atoms with E-state index in [9.17, 15) is 0 Å². The molecule has 134 valence electrons. The van der Waals surface area contributed by atoms with E-state index >= 15 is 0 Å². The lowest BCUT2D eigenvalue weighted by atomic mass is 10.1. The van der Waals surface area contributed by atoms with Crippen molar-refractivity contribution in [2.75, 3.05) is 6.54 Å². The van der Waals surface area contributed by atoms with E-state index in [1.807, 2.05) is 0 Å². The molecule has 0 rings (SSSR count). The normalized spacial score (nSPS) is 12.3. The first-order chi connectivity index (χ1) is 11.4. The zero-order valence-corrected chi connectivity index (χ0v) is 15.6. The zero-order chi connectivity index (χ0) is 16.8. The van der Waals surface area contributed by atoms with Gasteiger partial charge in [-0.2, -0.15) is 0 Å². The molecule has 0 spiro atoms. The van der Waals surface area contributed by atoms with Crippen molar-refractivity contribution in [3.8, 4) is 0 Å². The van der Waals surface area contributed by atoms with Crippen molar-refractivity contribution in [3.05, 3.63) is 36.5 Å². The summed E-state index contributed by atoms with van der Waals surface area (Å²) in [7, 11) is 0. The predicted molar refractivity (Wildman–Crippen MR) is 107 cm³/mol. The molecule has 0 saturated heterocycles. The quantitative estimate of drug-likeness (QED) is 0.225. The van der Waals surface area contributed by atoms with Crippen LogP contribution in [0.3, 0.4) is 0 Å². The van der Waals surface area contributed by atoms with E-state index in [1.54, 1.807) is 0 Å². The summed E-state index contributed by atoms with van der Waals surface area (Å²) >= 11 is 0. The van der Waals surface area contributed by atoms with Crippen LogP contribution in [-0.2, 0) is 0 Å². The minimum Gasteiger partial charge on any atom is -0.330 e. The molecule has 0 radical (unpaired) electrons. The predicted octanol–water partition coefficient (Wildman–Crippen LogP) is 7.10. The molecule has 0 fully saturated rings. The molecule has 1 heteroatoms. The SMILES string of the molecule is CC/C=C\CCCCCCC/C=C\CCCC/C=C\CCCN. The summed E-state index contributed by atoms with van der Waals surface area (Å²) in [5, 5.41) is 0. The number of rotatable bonds is 17. The van der Waals surface area contributed by atoms with Crippen LogP contribution in [0.2, 0.25) is 0 Å². The van der Waals surface area contributed by atoms with Gasteiger partial charge in [-0.25, -0.2) is 0 Å². The number of nitrogens with two attached hydrogens (primary N) is 1. The van der Waals surface area contributed by atoms with Crippen LogP contribution in [0.4, 0.5) is 0 Å². The van der Waals surface area contributed by atoms with E-state index in [0.717, 1.165) is 19.4 Å². The fourth-order valence-corrected chi connectivity index (χ4v) is 2.57. The van der Waals surface area contributed by atoms with Gasteiger partial charge < -0.3 is 5.73 Å². The Morgan fingerprint density at radius 1 is 0.478 bits per heavy atom. The van der Waals surface area contributed by atoms with E-state index in [0.29, 0.717) is 0 Å². The number of hydrogen-bond donors (Lipinski definition) is 1. The van der Waals surface area contributed by atoms with Crippen LogP contribution in [0.1, 0.15) is 96.8 Å². The summed E-state index contributed by atoms with van der Waals surface area (Å²) in [6.45, 7) is 3.01. The first kappa shape index (κ1) is 22.2. The summed E-state index contributed by atoms with van der Waals surface area (Å²) in [6, 6.07) is 0. The van der Waals surface area contributed by atoms with Gasteiger partial charge in [-0.05, 0) is 77.2 Å². The standard InChI is InChI=1S/C22H41N/c1-2-3-4-5-6-7-8-9-10-11-12-13-14-15-16-17-18-19-20-21-22-23/h3-4,12-13,18-19H,2,5-11,14-17,20-23H2,1H3/b4-3-,13-12-,19-18-. The first-order valence-electron chi connectivity index (χ1n) is 10.1. The van der Waals surface area contributed by atoms with Crippen LogP contribution >= 0.6 is 0 Å². The maximum absolute atomic E-state index is 5.46. The van der Waals surface area contributed by atoms with Gasteiger partial charge in [0, 0.05) is 0 Å². The van der Waals surface area contributed by atoms with Crippen LogP contribution in [0.5, 0.6) is 0 Å². The second-order valence-electron chi connectivity index (χ2n) is 6.38. The average molecular weight is 320 g/mol. The molecule has 0 amide bonds. The average Bonchev–Trinajstić information content (AvgIpc) is 2.57. The maximum Gasteiger partial charge on any atom is -0.00743 e. The van der Waals surface area contributed by atoms with Crippen LogP contribution in [0, 0.1) is 0 Å². The number of allylic oxidation sites excluding steroid dienone is 6. The Labute approximate surface area is 146 Å². The summed E-state index contributed by atoms with van der Waals surface area (Å²) in [5.74, 6) is 0. The smallest absolute Gasteiger partial charge is 0.00743 e. The van der Waals surface area contributed by atoms with Crippen LogP contribution in [-0.4, -0.2) is 6.54 Å². The van der Waals surface area contributed by atoms with Crippen LogP contribution in [0.25, 0.3) is 0 Å². The maximum atomic E-state index is 5.46. The Balaban J connectivity index is 3.14. The van der Waals surface area contributed by atoms with Gasteiger partial charge in [-0.15, -0.1) is 0 Å². The molecule has 0 aromatic heterocycles. The molecule has 1 nitrogen and oxygen atoms in total. The Hall–Kier alpha value is -0.820. The van der Waals surface area contributed by atoms with E-state index in [2.05, 4.69) is 43.4 Å². The molecule has 0 aliphatic heterocycles. The summed E-state index contributed by atoms with van der Waals surface area (Å²) in [5.41, 5.74) is 5.46. The largest absolute Gasteiger partial charge is 0.330 e. The molecule has 0 aliphatic carbocycles. The molecule has 0 atom stereocenters. The van der Waals surface area contributed by atoms with Gasteiger partial charge in [0.05, 0.1) is 0 Å². The van der Waals surface area contributed by atoms with Crippen molar-refractivity contribution in [3.63, 3.8) is 0 Å². The van der Waals surface area contributed by atoms with E-state index in [4.69, 9.17) is 5.73 Å². The topological polar surface area (TPSA) is 26.0 Å². The molecule has 0 saturated carbocycles. The third-order valence-corrected chi connectivity index (χ3v) is 4.04. The Kier molecular flexibility index (Phi) is 20.4. The van der Waals surface area contributed by atoms with Crippen molar-refractivity contribution in [1.29, 1.82) is 0 Å². The number of unbranched alkanes of at least 4 members (excludes halogenated alkanes) is 10. The highest BCUT2D eigenvalue weighted by Crippen LogP contribution is 2.09.